The molecule has 4 rings (SSSR count). The number of amides is 1. The molecule has 1 atom stereocenters. The number of thioether (sulfide) groups is 1. The third kappa shape index (κ3) is 4.33. The molecule has 0 unspecified atom stereocenters. The Morgan fingerprint density at radius 3 is 2.86 bits per heavy atom. The quantitative estimate of drug-likeness (QED) is 0.740. The maximum atomic E-state index is 14.9. The van der Waals surface area contributed by atoms with Crippen LogP contribution in [0.5, 0.6) is 0 Å². The van der Waals surface area contributed by atoms with Crippen molar-refractivity contribution in [1.82, 2.24) is 5.32 Å². The summed E-state index contributed by atoms with van der Waals surface area (Å²) in [5.74, 6) is -0.334. The van der Waals surface area contributed by atoms with E-state index in [9.17, 15) is 9.18 Å². The van der Waals surface area contributed by atoms with E-state index in [1.807, 2.05) is 23.3 Å². The fraction of sp³-hybridized carbons (Fsp3) is 0.333. The SMILES string of the molecule is CSC(=S)NC[C@@H]1CN(c2ccc(N3CCc4ccccc4C3)c(F)c2)C(=O)O1. The molecule has 29 heavy (non-hydrogen) atoms. The van der Waals surface area contributed by atoms with Gasteiger partial charge in [-0.1, -0.05) is 36.5 Å². The van der Waals surface area contributed by atoms with Gasteiger partial charge in [-0.25, -0.2) is 9.18 Å². The van der Waals surface area contributed by atoms with E-state index in [4.69, 9.17) is 17.0 Å². The maximum Gasteiger partial charge on any atom is 0.414 e. The number of hydrogen-bond donors (Lipinski definition) is 1. The fourth-order valence-electron chi connectivity index (χ4n) is 3.73. The number of thiocarbonyl (C=S) groups is 1. The number of halogens is 1. The summed E-state index contributed by atoms with van der Waals surface area (Å²) in [6.07, 6.45) is 1.98. The van der Waals surface area contributed by atoms with E-state index in [2.05, 4.69) is 17.4 Å². The summed E-state index contributed by atoms with van der Waals surface area (Å²) in [5.41, 5.74) is 3.60. The summed E-state index contributed by atoms with van der Waals surface area (Å²) in [7, 11) is 0. The van der Waals surface area contributed by atoms with Crippen molar-refractivity contribution in [1.29, 1.82) is 0 Å². The summed E-state index contributed by atoms with van der Waals surface area (Å²) < 4.78 is 21.0. The van der Waals surface area contributed by atoms with Gasteiger partial charge in [0.05, 0.1) is 24.5 Å². The first kappa shape index (κ1) is 20.0. The van der Waals surface area contributed by atoms with Gasteiger partial charge in [-0.05, 0) is 42.0 Å². The predicted molar refractivity (Wildman–Crippen MR) is 119 cm³/mol. The van der Waals surface area contributed by atoms with E-state index in [0.29, 0.717) is 35.3 Å². The van der Waals surface area contributed by atoms with Gasteiger partial charge >= 0.3 is 6.09 Å². The predicted octanol–water partition coefficient (Wildman–Crippen LogP) is 3.95. The van der Waals surface area contributed by atoms with Crippen LogP contribution in [0.2, 0.25) is 0 Å². The lowest BCUT2D eigenvalue weighted by molar-refractivity contribution is 0.143. The van der Waals surface area contributed by atoms with Crippen LogP contribution < -0.4 is 15.1 Å². The smallest absolute Gasteiger partial charge is 0.414 e. The van der Waals surface area contributed by atoms with Crippen LogP contribution in [-0.2, 0) is 17.7 Å². The average molecular weight is 432 g/mol. The highest BCUT2D eigenvalue weighted by atomic mass is 32.2. The minimum absolute atomic E-state index is 0.325. The van der Waals surface area contributed by atoms with E-state index in [-0.39, 0.29) is 11.9 Å². The molecule has 152 valence electrons. The third-order valence-electron chi connectivity index (χ3n) is 5.25. The van der Waals surface area contributed by atoms with Crippen molar-refractivity contribution in [2.75, 3.05) is 35.7 Å². The highest BCUT2D eigenvalue weighted by molar-refractivity contribution is 8.22. The third-order valence-corrected chi connectivity index (χ3v) is 6.41. The van der Waals surface area contributed by atoms with Gasteiger partial charge in [-0.2, -0.15) is 0 Å². The second-order valence-corrected chi connectivity index (χ2v) is 8.55. The summed E-state index contributed by atoms with van der Waals surface area (Å²) in [6.45, 7) is 2.25. The number of benzene rings is 2. The highest BCUT2D eigenvalue weighted by Crippen LogP contribution is 2.31. The Morgan fingerprint density at radius 2 is 2.10 bits per heavy atom. The van der Waals surface area contributed by atoms with Crippen LogP contribution in [0, 0.1) is 5.82 Å². The van der Waals surface area contributed by atoms with Crippen LogP contribution in [0.1, 0.15) is 11.1 Å². The molecule has 0 aromatic heterocycles. The topological polar surface area (TPSA) is 44.8 Å². The number of rotatable bonds is 4. The Bertz CT molecular complexity index is 940. The van der Waals surface area contributed by atoms with Gasteiger partial charge in [0, 0.05) is 13.1 Å². The molecular weight excluding hydrogens is 409 g/mol. The summed E-state index contributed by atoms with van der Waals surface area (Å²) in [6, 6.07) is 13.2. The highest BCUT2D eigenvalue weighted by Gasteiger charge is 2.33. The van der Waals surface area contributed by atoms with Crippen molar-refractivity contribution in [3.8, 4) is 0 Å². The van der Waals surface area contributed by atoms with E-state index in [1.165, 1.54) is 33.9 Å². The number of anilines is 2. The molecule has 2 aliphatic rings. The Labute approximate surface area is 179 Å². The zero-order valence-electron chi connectivity index (χ0n) is 16.1. The van der Waals surface area contributed by atoms with E-state index in [1.54, 1.807) is 12.1 Å². The van der Waals surface area contributed by atoms with Crippen LogP contribution in [-0.4, -0.2) is 42.4 Å². The zero-order chi connectivity index (χ0) is 20.4. The van der Waals surface area contributed by atoms with Crippen LogP contribution >= 0.6 is 24.0 Å². The van der Waals surface area contributed by atoms with Gasteiger partial charge in [0.15, 0.2) is 0 Å². The Morgan fingerprint density at radius 1 is 1.31 bits per heavy atom. The van der Waals surface area contributed by atoms with E-state index < -0.39 is 6.09 Å². The van der Waals surface area contributed by atoms with Crippen molar-refractivity contribution in [3.05, 3.63) is 59.4 Å². The van der Waals surface area contributed by atoms with Gasteiger partial charge < -0.3 is 15.0 Å². The normalized spacial score (nSPS) is 18.4. The summed E-state index contributed by atoms with van der Waals surface area (Å²) >= 11 is 6.53. The molecule has 0 saturated carbocycles. The lowest BCUT2D eigenvalue weighted by atomic mass is 9.99. The first-order valence-electron chi connectivity index (χ1n) is 9.46. The van der Waals surface area contributed by atoms with Crippen LogP contribution in [0.25, 0.3) is 0 Å². The molecule has 0 spiro atoms. The number of fused-ring (bicyclic) bond motifs is 1. The molecule has 1 N–H and O–H groups in total. The molecular formula is C21H22FN3O2S2. The molecule has 1 amide bonds. The summed E-state index contributed by atoms with van der Waals surface area (Å²) in [4.78, 5) is 15.7. The number of nitrogens with one attached hydrogen (secondary N) is 1. The Balaban J connectivity index is 1.45. The van der Waals surface area contributed by atoms with Crippen molar-refractivity contribution in [2.45, 2.75) is 19.1 Å². The molecule has 5 nitrogen and oxygen atoms in total. The number of ether oxygens (including phenoxy) is 1. The molecule has 2 aliphatic heterocycles. The molecule has 8 heteroatoms. The van der Waals surface area contributed by atoms with Gasteiger partial charge in [0.2, 0.25) is 0 Å². The Hall–Kier alpha value is -2.32. The number of nitrogens with zero attached hydrogens (tertiary/aromatic N) is 2. The Kier molecular flexibility index (Phi) is 5.91. The zero-order valence-corrected chi connectivity index (χ0v) is 17.7. The second kappa shape index (κ2) is 8.59. The minimum Gasteiger partial charge on any atom is -0.442 e. The molecule has 0 aliphatic carbocycles. The molecule has 1 saturated heterocycles. The lowest BCUT2D eigenvalue weighted by Gasteiger charge is -2.31. The fourth-order valence-corrected chi connectivity index (χ4v) is 4.04. The second-order valence-electron chi connectivity index (χ2n) is 7.06. The van der Waals surface area contributed by atoms with Crippen LogP contribution in [0.3, 0.4) is 0 Å². The largest absolute Gasteiger partial charge is 0.442 e. The monoisotopic (exact) mass is 431 g/mol. The van der Waals surface area contributed by atoms with Gasteiger partial charge in [0.1, 0.15) is 16.2 Å². The van der Waals surface area contributed by atoms with Gasteiger partial charge in [0.25, 0.3) is 0 Å². The summed E-state index contributed by atoms with van der Waals surface area (Å²) in [5, 5.41) is 3.05. The molecule has 1 fully saturated rings. The number of cyclic esters (lactones) is 1. The molecule has 0 bridgehead atoms. The standard InChI is InChI=1S/C21H22FN3O2S2/c1-29-20(28)23-11-17-13-25(21(26)27-17)16-6-7-19(18(22)10-16)24-9-8-14-4-2-3-5-15(14)12-24/h2-7,10,17H,8-9,11-13H2,1H3,(H,23,28)/t17-/m1/s1. The van der Waals surface area contributed by atoms with Crippen molar-refractivity contribution in [3.63, 3.8) is 0 Å². The average Bonchev–Trinajstić information content (AvgIpc) is 3.12. The van der Waals surface area contributed by atoms with Gasteiger partial charge in [-0.3, -0.25) is 4.90 Å². The van der Waals surface area contributed by atoms with Crippen LogP contribution in [0.4, 0.5) is 20.6 Å². The van der Waals surface area contributed by atoms with Crippen LogP contribution in [0.15, 0.2) is 42.5 Å². The molecule has 0 radical (unpaired) electrons. The molecule has 2 aromatic carbocycles. The number of carbonyl (C=O) groups is 1. The van der Waals surface area contributed by atoms with Crippen molar-refractivity contribution >= 4 is 45.8 Å². The van der Waals surface area contributed by atoms with Crippen molar-refractivity contribution < 1.29 is 13.9 Å². The van der Waals surface area contributed by atoms with E-state index in [0.717, 1.165) is 13.0 Å². The van der Waals surface area contributed by atoms with E-state index >= 15 is 0 Å². The minimum atomic E-state index is -0.467. The number of hydrogen-bond acceptors (Lipinski definition) is 5. The van der Waals surface area contributed by atoms with Crippen molar-refractivity contribution in [2.24, 2.45) is 0 Å². The molecule has 2 aromatic rings. The molecule has 2 heterocycles. The number of carbonyl (C=O) groups excluding carboxylic acids is 1. The van der Waals surface area contributed by atoms with Gasteiger partial charge in [-0.15, -0.1) is 11.8 Å². The maximum absolute atomic E-state index is 14.9. The first-order valence-corrected chi connectivity index (χ1v) is 11.1. The lowest BCUT2D eigenvalue weighted by Crippen LogP contribution is -2.33. The first-order chi connectivity index (χ1) is 14.0.